The van der Waals surface area contributed by atoms with Gasteiger partial charge in [0.15, 0.2) is 0 Å². The SMILES string of the molecule is C=CCO.O=[N+]([O-])c1ccccc1. The topological polar surface area (TPSA) is 63.4 Å². The van der Waals surface area contributed by atoms with E-state index in [4.69, 9.17) is 5.11 Å². The average Bonchev–Trinajstić information content (AvgIpc) is 2.19. The maximum absolute atomic E-state index is 10.0. The lowest BCUT2D eigenvalue weighted by Crippen LogP contribution is -1.84. The Labute approximate surface area is 76.3 Å². The van der Waals surface area contributed by atoms with Crippen LogP contribution in [0.15, 0.2) is 43.0 Å². The van der Waals surface area contributed by atoms with Crippen LogP contribution < -0.4 is 0 Å². The van der Waals surface area contributed by atoms with Crippen molar-refractivity contribution in [3.63, 3.8) is 0 Å². The smallest absolute Gasteiger partial charge is 0.269 e. The van der Waals surface area contributed by atoms with Gasteiger partial charge in [-0.3, -0.25) is 10.1 Å². The Morgan fingerprint density at radius 3 is 2.15 bits per heavy atom. The number of non-ortho nitro benzene ring substituents is 1. The summed E-state index contributed by atoms with van der Waals surface area (Å²) < 4.78 is 0. The van der Waals surface area contributed by atoms with Crippen molar-refractivity contribution in [3.05, 3.63) is 53.1 Å². The van der Waals surface area contributed by atoms with Gasteiger partial charge in [-0.25, -0.2) is 0 Å². The van der Waals surface area contributed by atoms with Crippen molar-refractivity contribution in [2.45, 2.75) is 0 Å². The largest absolute Gasteiger partial charge is 0.392 e. The number of nitrogens with zero attached hydrogens (tertiary/aromatic N) is 1. The fourth-order valence-corrected chi connectivity index (χ4v) is 0.550. The van der Waals surface area contributed by atoms with Crippen LogP contribution in [0.4, 0.5) is 5.69 Å². The predicted octanol–water partition coefficient (Wildman–Crippen LogP) is 1.76. The summed E-state index contributed by atoms with van der Waals surface area (Å²) in [6.45, 7) is 3.31. The first kappa shape index (κ1) is 11.3. The fraction of sp³-hybridized carbons (Fsp3) is 0.111. The van der Waals surface area contributed by atoms with Gasteiger partial charge in [0.2, 0.25) is 0 Å². The molecule has 0 unspecified atom stereocenters. The Kier molecular flexibility index (Phi) is 6.09. The highest BCUT2D eigenvalue weighted by Crippen LogP contribution is 2.06. The lowest BCUT2D eigenvalue weighted by atomic mass is 10.3. The van der Waals surface area contributed by atoms with Gasteiger partial charge in [0.25, 0.3) is 5.69 Å². The van der Waals surface area contributed by atoms with Gasteiger partial charge in [-0.1, -0.05) is 24.3 Å². The first-order valence-corrected chi connectivity index (χ1v) is 3.63. The van der Waals surface area contributed by atoms with Gasteiger partial charge in [-0.15, -0.1) is 6.58 Å². The van der Waals surface area contributed by atoms with Gasteiger partial charge in [-0.2, -0.15) is 0 Å². The van der Waals surface area contributed by atoms with Crippen LogP contribution in [-0.4, -0.2) is 16.6 Å². The molecule has 0 aromatic heterocycles. The van der Waals surface area contributed by atoms with Crippen LogP contribution in [0, 0.1) is 10.1 Å². The number of nitro groups is 1. The number of rotatable bonds is 2. The summed E-state index contributed by atoms with van der Waals surface area (Å²) >= 11 is 0. The standard InChI is InChI=1S/C6H5NO2.C3H6O/c8-7(9)6-4-2-1-3-5-6;1-2-3-4/h1-5H;2,4H,1,3H2. The molecular weight excluding hydrogens is 170 g/mol. The summed E-state index contributed by atoms with van der Waals surface area (Å²) in [6, 6.07) is 7.93. The molecule has 1 aromatic carbocycles. The number of aliphatic hydroxyl groups excluding tert-OH is 1. The maximum Gasteiger partial charge on any atom is 0.269 e. The second-order valence-electron chi connectivity index (χ2n) is 2.06. The zero-order valence-electron chi connectivity index (χ0n) is 7.09. The molecule has 0 aliphatic heterocycles. The molecule has 4 nitrogen and oxygen atoms in total. The molecule has 4 heteroatoms. The van der Waals surface area contributed by atoms with Crippen molar-refractivity contribution in [1.29, 1.82) is 0 Å². The normalized spacial score (nSPS) is 8.08. The number of para-hydroxylation sites is 1. The van der Waals surface area contributed by atoms with E-state index >= 15 is 0 Å². The third-order valence-electron chi connectivity index (χ3n) is 1.10. The molecule has 1 rings (SSSR count). The minimum atomic E-state index is -0.417. The summed E-state index contributed by atoms with van der Waals surface area (Å²) in [5, 5.41) is 17.8. The Morgan fingerprint density at radius 2 is 1.92 bits per heavy atom. The van der Waals surface area contributed by atoms with E-state index in [1.807, 2.05) is 0 Å². The molecule has 0 bridgehead atoms. The number of hydrogen-bond donors (Lipinski definition) is 1. The molecule has 0 spiro atoms. The van der Waals surface area contributed by atoms with E-state index in [0.29, 0.717) is 0 Å². The van der Waals surface area contributed by atoms with Crippen LogP contribution in [0.3, 0.4) is 0 Å². The Bertz CT molecular complexity index is 259. The quantitative estimate of drug-likeness (QED) is 0.429. The highest BCUT2D eigenvalue weighted by Gasteiger charge is 1.98. The number of benzene rings is 1. The van der Waals surface area contributed by atoms with E-state index in [9.17, 15) is 10.1 Å². The van der Waals surface area contributed by atoms with Gasteiger partial charge in [-0.05, 0) is 0 Å². The molecular formula is C9H11NO3. The fourth-order valence-electron chi connectivity index (χ4n) is 0.550. The summed E-state index contributed by atoms with van der Waals surface area (Å²) in [6.07, 6.45) is 1.43. The minimum Gasteiger partial charge on any atom is -0.392 e. The minimum absolute atomic E-state index is 0.0833. The first-order chi connectivity index (χ1) is 6.22. The zero-order chi connectivity index (χ0) is 10.1. The third kappa shape index (κ3) is 5.57. The van der Waals surface area contributed by atoms with E-state index < -0.39 is 4.92 Å². The van der Waals surface area contributed by atoms with Gasteiger partial charge < -0.3 is 5.11 Å². The number of aliphatic hydroxyl groups is 1. The number of hydrogen-bond acceptors (Lipinski definition) is 3. The van der Waals surface area contributed by atoms with E-state index in [1.54, 1.807) is 18.2 Å². The molecule has 0 amide bonds. The van der Waals surface area contributed by atoms with Crippen molar-refractivity contribution in [1.82, 2.24) is 0 Å². The molecule has 0 saturated carbocycles. The third-order valence-corrected chi connectivity index (χ3v) is 1.10. The zero-order valence-corrected chi connectivity index (χ0v) is 7.09. The van der Waals surface area contributed by atoms with Crippen LogP contribution in [-0.2, 0) is 0 Å². The first-order valence-electron chi connectivity index (χ1n) is 3.63. The van der Waals surface area contributed by atoms with E-state index in [2.05, 4.69) is 6.58 Å². The molecule has 0 saturated heterocycles. The van der Waals surface area contributed by atoms with Gasteiger partial charge >= 0.3 is 0 Å². The molecule has 0 radical (unpaired) electrons. The van der Waals surface area contributed by atoms with Gasteiger partial charge in [0, 0.05) is 12.1 Å². The summed E-state index contributed by atoms with van der Waals surface area (Å²) in [7, 11) is 0. The van der Waals surface area contributed by atoms with Crippen molar-refractivity contribution >= 4 is 5.69 Å². The molecule has 0 aliphatic rings. The predicted molar refractivity (Wildman–Crippen MR) is 50.4 cm³/mol. The van der Waals surface area contributed by atoms with E-state index in [0.717, 1.165) is 0 Å². The van der Waals surface area contributed by atoms with Crippen LogP contribution in [0.2, 0.25) is 0 Å². The lowest BCUT2D eigenvalue weighted by Gasteiger charge is -1.85. The van der Waals surface area contributed by atoms with Gasteiger partial charge in [0.1, 0.15) is 0 Å². The molecule has 1 aromatic rings. The van der Waals surface area contributed by atoms with Crippen LogP contribution in [0.25, 0.3) is 0 Å². The molecule has 0 aliphatic carbocycles. The monoisotopic (exact) mass is 181 g/mol. The Morgan fingerprint density at radius 1 is 1.46 bits per heavy atom. The summed E-state index contributed by atoms with van der Waals surface area (Å²) in [5.74, 6) is 0. The van der Waals surface area contributed by atoms with Crippen LogP contribution in [0.1, 0.15) is 0 Å². The maximum atomic E-state index is 10.0. The highest BCUT2D eigenvalue weighted by molar-refractivity contribution is 5.27. The van der Waals surface area contributed by atoms with Crippen molar-refractivity contribution in [3.8, 4) is 0 Å². The van der Waals surface area contributed by atoms with Crippen molar-refractivity contribution in [2.24, 2.45) is 0 Å². The van der Waals surface area contributed by atoms with Gasteiger partial charge in [0.05, 0.1) is 11.5 Å². The Balaban J connectivity index is 0.000000310. The molecule has 0 heterocycles. The average molecular weight is 181 g/mol. The van der Waals surface area contributed by atoms with Crippen LogP contribution in [0.5, 0.6) is 0 Å². The molecule has 1 N–H and O–H groups in total. The molecule has 70 valence electrons. The highest BCUT2D eigenvalue weighted by atomic mass is 16.6. The second-order valence-corrected chi connectivity index (χ2v) is 2.06. The summed E-state index contributed by atoms with van der Waals surface area (Å²) in [5.41, 5.74) is 0.137. The summed E-state index contributed by atoms with van der Waals surface area (Å²) in [4.78, 5) is 9.59. The van der Waals surface area contributed by atoms with Crippen LogP contribution >= 0.6 is 0 Å². The van der Waals surface area contributed by atoms with Crippen molar-refractivity contribution < 1.29 is 10.0 Å². The van der Waals surface area contributed by atoms with E-state index in [-0.39, 0.29) is 12.3 Å². The molecule has 13 heavy (non-hydrogen) atoms. The lowest BCUT2D eigenvalue weighted by molar-refractivity contribution is -0.384. The Hall–Kier alpha value is -1.68. The van der Waals surface area contributed by atoms with E-state index in [1.165, 1.54) is 18.2 Å². The van der Waals surface area contributed by atoms with Crippen molar-refractivity contribution in [2.75, 3.05) is 6.61 Å². The second kappa shape index (κ2) is 7.00. The molecule has 0 atom stereocenters. The number of nitro benzene ring substituents is 1. The molecule has 0 fully saturated rings.